The molecular weight excluding hydrogens is 322 g/mol. The molecule has 1 aliphatic carbocycles. The Morgan fingerprint density at radius 2 is 2.00 bits per heavy atom. The molecule has 1 saturated carbocycles. The van der Waals surface area contributed by atoms with Crippen molar-refractivity contribution in [2.75, 3.05) is 12.3 Å². The topological polar surface area (TPSA) is 63.9 Å². The minimum absolute atomic E-state index is 0.0750. The molecule has 0 N–H and O–H groups in total. The SMILES string of the molecule is CCN(C(=O)CC(C)(C)CSc1nnnn1CC)C1CCCCC1. The molecule has 1 heterocycles. The maximum absolute atomic E-state index is 12.8. The van der Waals surface area contributed by atoms with E-state index in [1.807, 2.05) is 6.92 Å². The molecule has 2 rings (SSSR count). The second-order valence-corrected chi connectivity index (χ2v) is 8.32. The zero-order chi connectivity index (χ0) is 17.6. The normalized spacial score (nSPS) is 16.3. The number of rotatable bonds is 8. The zero-order valence-corrected chi connectivity index (χ0v) is 16.3. The van der Waals surface area contributed by atoms with E-state index in [9.17, 15) is 4.79 Å². The van der Waals surface area contributed by atoms with Gasteiger partial charge in [-0.25, -0.2) is 4.68 Å². The van der Waals surface area contributed by atoms with Gasteiger partial charge in [-0.3, -0.25) is 4.79 Å². The molecule has 0 aromatic carbocycles. The predicted octanol–water partition coefficient (Wildman–Crippen LogP) is 3.38. The van der Waals surface area contributed by atoms with E-state index in [0.717, 1.165) is 24.0 Å². The Labute approximate surface area is 149 Å². The van der Waals surface area contributed by atoms with Gasteiger partial charge in [0, 0.05) is 31.3 Å². The summed E-state index contributed by atoms with van der Waals surface area (Å²) in [6, 6.07) is 0.451. The maximum Gasteiger partial charge on any atom is 0.223 e. The molecule has 136 valence electrons. The average molecular weight is 354 g/mol. The molecule has 0 bridgehead atoms. The molecule has 1 aromatic rings. The van der Waals surface area contributed by atoms with E-state index in [0.29, 0.717) is 18.4 Å². The van der Waals surface area contributed by atoms with E-state index in [4.69, 9.17) is 0 Å². The Morgan fingerprint density at radius 3 is 2.62 bits per heavy atom. The Hall–Kier alpha value is -1.11. The van der Waals surface area contributed by atoms with Gasteiger partial charge in [-0.1, -0.05) is 44.9 Å². The quantitative estimate of drug-likeness (QED) is 0.670. The molecule has 0 atom stereocenters. The van der Waals surface area contributed by atoms with E-state index < -0.39 is 0 Å². The van der Waals surface area contributed by atoms with Crippen molar-refractivity contribution in [3.63, 3.8) is 0 Å². The second kappa shape index (κ2) is 8.83. The second-order valence-electron chi connectivity index (χ2n) is 7.38. The van der Waals surface area contributed by atoms with Crippen molar-refractivity contribution in [2.45, 2.75) is 84.0 Å². The lowest BCUT2D eigenvalue weighted by atomic mass is 9.89. The van der Waals surface area contributed by atoms with Crippen LogP contribution in [0, 0.1) is 5.41 Å². The molecule has 1 fully saturated rings. The van der Waals surface area contributed by atoms with Crippen LogP contribution in [-0.4, -0.2) is 49.4 Å². The van der Waals surface area contributed by atoms with E-state index in [-0.39, 0.29) is 5.41 Å². The average Bonchev–Trinajstić information content (AvgIpc) is 3.02. The third-order valence-corrected chi connectivity index (χ3v) is 6.17. The summed E-state index contributed by atoms with van der Waals surface area (Å²) in [4.78, 5) is 15.0. The van der Waals surface area contributed by atoms with Crippen molar-refractivity contribution in [3.8, 4) is 0 Å². The molecule has 6 nitrogen and oxygen atoms in total. The number of tetrazole rings is 1. The lowest BCUT2D eigenvalue weighted by molar-refractivity contribution is -0.135. The van der Waals surface area contributed by atoms with Crippen molar-refractivity contribution < 1.29 is 4.79 Å². The lowest BCUT2D eigenvalue weighted by Crippen LogP contribution is -2.43. The Kier molecular flexibility index (Phi) is 7.07. The number of amides is 1. The van der Waals surface area contributed by atoms with Crippen LogP contribution in [0.2, 0.25) is 0 Å². The summed E-state index contributed by atoms with van der Waals surface area (Å²) in [6.07, 6.45) is 6.75. The van der Waals surface area contributed by atoms with Crippen LogP contribution < -0.4 is 0 Å². The Bertz CT molecular complexity index is 525. The zero-order valence-electron chi connectivity index (χ0n) is 15.5. The molecule has 24 heavy (non-hydrogen) atoms. The number of carbonyl (C=O) groups is 1. The molecular formula is C17H31N5OS. The molecule has 1 aliphatic rings. The van der Waals surface area contributed by atoms with E-state index in [1.165, 1.54) is 32.1 Å². The van der Waals surface area contributed by atoms with Gasteiger partial charge < -0.3 is 4.90 Å². The number of aromatic nitrogens is 4. The monoisotopic (exact) mass is 353 g/mol. The summed E-state index contributed by atoms with van der Waals surface area (Å²) >= 11 is 1.64. The van der Waals surface area contributed by atoms with Gasteiger partial charge in [0.15, 0.2) is 0 Å². The first-order chi connectivity index (χ1) is 11.5. The van der Waals surface area contributed by atoms with Gasteiger partial charge in [0.05, 0.1) is 0 Å². The predicted molar refractivity (Wildman–Crippen MR) is 96.9 cm³/mol. The number of carbonyl (C=O) groups excluding carboxylic acids is 1. The highest BCUT2D eigenvalue weighted by Crippen LogP contribution is 2.31. The lowest BCUT2D eigenvalue weighted by Gasteiger charge is -2.36. The Balaban J connectivity index is 1.90. The fraction of sp³-hybridized carbons (Fsp3) is 0.882. The number of thioether (sulfide) groups is 1. The van der Waals surface area contributed by atoms with Gasteiger partial charge in [0.1, 0.15) is 0 Å². The summed E-state index contributed by atoms with van der Waals surface area (Å²) in [5.41, 5.74) is -0.0750. The van der Waals surface area contributed by atoms with Crippen LogP contribution in [0.5, 0.6) is 0 Å². The summed E-state index contributed by atoms with van der Waals surface area (Å²) in [6.45, 7) is 10.0. The first-order valence-electron chi connectivity index (χ1n) is 9.15. The molecule has 0 saturated heterocycles. The van der Waals surface area contributed by atoms with Crippen LogP contribution in [0.25, 0.3) is 0 Å². The van der Waals surface area contributed by atoms with Gasteiger partial charge in [-0.05, 0) is 42.5 Å². The van der Waals surface area contributed by atoms with Crippen molar-refractivity contribution in [2.24, 2.45) is 5.41 Å². The summed E-state index contributed by atoms with van der Waals surface area (Å²) in [5.74, 6) is 1.13. The molecule has 1 amide bonds. The molecule has 0 spiro atoms. The largest absolute Gasteiger partial charge is 0.340 e. The highest BCUT2D eigenvalue weighted by Gasteiger charge is 2.29. The van der Waals surface area contributed by atoms with Crippen molar-refractivity contribution in [1.82, 2.24) is 25.1 Å². The maximum atomic E-state index is 12.8. The number of nitrogens with zero attached hydrogens (tertiary/aromatic N) is 5. The van der Waals surface area contributed by atoms with Crippen LogP contribution in [-0.2, 0) is 11.3 Å². The van der Waals surface area contributed by atoms with Crippen LogP contribution in [0.3, 0.4) is 0 Å². The van der Waals surface area contributed by atoms with Gasteiger partial charge >= 0.3 is 0 Å². The summed E-state index contributed by atoms with van der Waals surface area (Å²) < 4.78 is 1.79. The third-order valence-electron chi connectivity index (χ3n) is 4.70. The molecule has 0 radical (unpaired) electrons. The van der Waals surface area contributed by atoms with Gasteiger partial charge in [0.25, 0.3) is 0 Å². The first-order valence-corrected chi connectivity index (χ1v) is 10.1. The highest BCUT2D eigenvalue weighted by molar-refractivity contribution is 7.99. The first kappa shape index (κ1) is 19.2. The van der Waals surface area contributed by atoms with Crippen molar-refractivity contribution in [3.05, 3.63) is 0 Å². The van der Waals surface area contributed by atoms with Crippen LogP contribution >= 0.6 is 11.8 Å². The molecule has 7 heteroatoms. The van der Waals surface area contributed by atoms with Crippen LogP contribution in [0.15, 0.2) is 5.16 Å². The molecule has 1 aromatic heterocycles. The van der Waals surface area contributed by atoms with E-state index in [1.54, 1.807) is 16.4 Å². The Morgan fingerprint density at radius 1 is 1.29 bits per heavy atom. The van der Waals surface area contributed by atoms with E-state index >= 15 is 0 Å². The standard InChI is InChI=1S/C17H31N5OS/c1-5-21(14-10-8-7-9-11-14)15(23)12-17(3,4)13-24-16-18-19-20-22(16)6-2/h14H,5-13H2,1-4H3. The van der Waals surface area contributed by atoms with Gasteiger partial charge in [-0.2, -0.15) is 0 Å². The summed E-state index contributed by atoms with van der Waals surface area (Å²) in [5, 5.41) is 12.6. The number of aryl methyl sites for hydroxylation is 1. The van der Waals surface area contributed by atoms with Crippen LogP contribution in [0.4, 0.5) is 0 Å². The summed E-state index contributed by atoms with van der Waals surface area (Å²) in [7, 11) is 0. The molecule has 0 aliphatic heterocycles. The number of hydrogen-bond donors (Lipinski definition) is 0. The minimum Gasteiger partial charge on any atom is -0.340 e. The fourth-order valence-electron chi connectivity index (χ4n) is 3.35. The third kappa shape index (κ3) is 5.19. The van der Waals surface area contributed by atoms with Crippen LogP contribution in [0.1, 0.15) is 66.2 Å². The minimum atomic E-state index is -0.0750. The van der Waals surface area contributed by atoms with Crippen molar-refractivity contribution >= 4 is 17.7 Å². The van der Waals surface area contributed by atoms with Gasteiger partial charge in [-0.15, -0.1) is 5.10 Å². The van der Waals surface area contributed by atoms with Gasteiger partial charge in [0.2, 0.25) is 11.1 Å². The fourth-order valence-corrected chi connectivity index (χ4v) is 4.38. The smallest absolute Gasteiger partial charge is 0.223 e. The molecule has 0 unspecified atom stereocenters. The number of hydrogen-bond acceptors (Lipinski definition) is 5. The van der Waals surface area contributed by atoms with E-state index in [2.05, 4.69) is 41.2 Å². The highest BCUT2D eigenvalue weighted by atomic mass is 32.2. The van der Waals surface area contributed by atoms with Crippen molar-refractivity contribution in [1.29, 1.82) is 0 Å².